The standard InChI is InChI=1S/C21H27N5O3/c27-19-4-3-18(20(28)23-19)26-13-14-1-2-15(11-17(14)21(26)29)24-7-9-25(10-8-24)16-5-6-22-12-16/h1-2,11,16,18,22H,3-10,12-13H2,(H,23,27,28). The van der Waals surface area contributed by atoms with E-state index in [1.165, 1.54) is 6.42 Å². The van der Waals surface area contributed by atoms with Crippen LogP contribution in [0.5, 0.6) is 0 Å². The molecule has 3 saturated heterocycles. The van der Waals surface area contributed by atoms with Gasteiger partial charge in [-0.05, 0) is 37.1 Å². The molecule has 2 N–H and O–H groups in total. The average Bonchev–Trinajstić information content (AvgIpc) is 3.37. The van der Waals surface area contributed by atoms with E-state index in [2.05, 4.69) is 26.5 Å². The van der Waals surface area contributed by atoms with Crippen LogP contribution < -0.4 is 15.5 Å². The molecule has 3 amide bonds. The first-order valence-electron chi connectivity index (χ1n) is 10.6. The number of anilines is 1. The van der Waals surface area contributed by atoms with Crippen LogP contribution in [0.25, 0.3) is 0 Å². The van der Waals surface area contributed by atoms with Crippen LogP contribution in [0.4, 0.5) is 5.69 Å². The Labute approximate surface area is 170 Å². The molecular formula is C21H27N5O3. The molecule has 4 aliphatic heterocycles. The van der Waals surface area contributed by atoms with E-state index in [1.807, 2.05) is 12.1 Å². The fourth-order valence-electron chi connectivity index (χ4n) is 5.04. The molecule has 3 fully saturated rings. The van der Waals surface area contributed by atoms with Crippen molar-refractivity contribution in [1.82, 2.24) is 20.4 Å². The number of nitrogens with zero attached hydrogens (tertiary/aromatic N) is 3. The summed E-state index contributed by atoms with van der Waals surface area (Å²) < 4.78 is 0. The van der Waals surface area contributed by atoms with Crippen LogP contribution in [0.2, 0.25) is 0 Å². The van der Waals surface area contributed by atoms with Gasteiger partial charge in [-0.15, -0.1) is 0 Å². The molecule has 4 aliphatic rings. The molecule has 1 aromatic carbocycles. The topological polar surface area (TPSA) is 85.0 Å². The Morgan fingerprint density at radius 3 is 2.55 bits per heavy atom. The Hall–Kier alpha value is -2.45. The second kappa shape index (κ2) is 7.42. The molecule has 4 heterocycles. The number of hydrogen-bond acceptors (Lipinski definition) is 6. The molecule has 0 bridgehead atoms. The zero-order chi connectivity index (χ0) is 20.0. The quantitative estimate of drug-likeness (QED) is 0.695. The number of piperazine rings is 1. The van der Waals surface area contributed by atoms with E-state index in [4.69, 9.17) is 0 Å². The Morgan fingerprint density at radius 1 is 1.00 bits per heavy atom. The lowest BCUT2D eigenvalue weighted by Crippen LogP contribution is -2.52. The van der Waals surface area contributed by atoms with Crippen molar-refractivity contribution in [3.8, 4) is 0 Å². The van der Waals surface area contributed by atoms with Crippen molar-refractivity contribution in [1.29, 1.82) is 0 Å². The maximum absolute atomic E-state index is 13.0. The molecule has 5 rings (SSSR count). The van der Waals surface area contributed by atoms with Gasteiger partial charge >= 0.3 is 0 Å². The highest BCUT2D eigenvalue weighted by Crippen LogP contribution is 2.31. The minimum atomic E-state index is -0.556. The lowest BCUT2D eigenvalue weighted by Gasteiger charge is -2.39. The summed E-state index contributed by atoms with van der Waals surface area (Å²) in [7, 11) is 0. The molecule has 29 heavy (non-hydrogen) atoms. The van der Waals surface area contributed by atoms with Gasteiger partial charge in [-0.2, -0.15) is 0 Å². The Morgan fingerprint density at radius 2 is 1.83 bits per heavy atom. The summed E-state index contributed by atoms with van der Waals surface area (Å²) in [6.45, 7) is 6.63. The summed E-state index contributed by atoms with van der Waals surface area (Å²) in [5.41, 5.74) is 2.72. The number of fused-ring (bicyclic) bond motifs is 1. The summed E-state index contributed by atoms with van der Waals surface area (Å²) in [5, 5.41) is 5.79. The van der Waals surface area contributed by atoms with Gasteiger partial charge in [0.1, 0.15) is 6.04 Å². The predicted octanol–water partition coefficient (Wildman–Crippen LogP) is -0.0685. The van der Waals surface area contributed by atoms with E-state index >= 15 is 0 Å². The van der Waals surface area contributed by atoms with E-state index in [1.54, 1.807) is 4.90 Å². The summed E-state index contributed by atoms with van der Waals surface area (Å²) in [4.78, 5) is 43.2. The van der Waals surface area contributed by atoms with Gasteiger partial charge in [-0.3, -0.25) is 24.6 Å². The van der Waals surface area contributed by atoms with Crippen molar-refractivity contribution in [2.24, 2.45) is 0 Å². The SMILES string of the molecule is O=C1CCC(N2Cc3ccc(N4CCN(C5CCNC5)CC4)cc3C2=O)C(=O)N1. The number of imide groups is 1. The molecule has 0 radical (unpaired) electrons. The summed E-state index contributed by atoms with van der Waals surface area (Å²) in [6.07, 6.45) is 1.90. The maximum Gasteiger partial charge on any atom is 0.255 e. The number of nitrogens with one attached hydrogen (secondary N) is 2. The van der Waals surface area contributed by atoms with Crippen molar-refractivity contribution in [2.75, 3.05) is 44.2 Å². The minimum Gasteiger partial charge on any atom is -0.369 e. The van der Waals surface area contributed by atoms with Gasteiger partial charge in [-0.25, -0.2) is 0 Å². The van der Waals surface area contributed by atoms with Crippen LogP contribution >= 0.6 is 0 Å². The zero-order valence-electron chi connectivity index (χ0n) is 16.5. The smallest absolute Gasteiger partial charge is 0.255 e. The third-order valence-corrected chi connectivity index (χ3v) is 6.74. The monoisotopic (exact) mass is 397 g/mol. The Bertz CT molecular complexity index is 843. The average molecular weight is 397 g/mol. The second-order valence-electron chi connectivity index (χ2n) is 8.41. The summed E-state index contributed by atoms with van der Waals surface area (Å²) >= 11 is 0. The molecule has 8 nitrogen and oxygen atoms in total. The lowest BCUT2D eigenvalue weighted by atomic mass is 10.0. The number of amides is 3. The molecule has 2 unspecified atom stereocenters. The second-order valence-corrected chi connectivity index (χ2v) is 8.41. The van der Waals surface area contributed by atoms with Crippen molar-refractivity contribution in [3.05, 3.63) is 29.3 Å². The molecule has 0 saturated carbocycles. The molecular weight excluding hydrogens is 370 g/mol. The van der Waals surface area contributed by atoms with Gasteiger partial charge in [-0.1, -0.05) is 6.07 Å². The fourth-order valence-corrected chi connectivity index (χ4v) is 5.04. The number of rotatable bonds is 3. The third kappa shape index (κ3) is 3.40. The van der Waals surface area contributed by atoms with Crippen LogP contribution in [-0.4, -0.2) is 78.9 Å². The minimum absolute atomic E-state index is 0.105. The van der Waals surface area contributed by atoms with Gasteiger partial charge in [0.25, 0.3) is 5.91 Å². The summed E-state index contributed by atoms with van der Waals surface area (Å²) in [5.74, 6) is -0.725. The Balaban J connectivity index is 1.27. The van der Waals surface area contributed by atoms with E-state index in [9.17, 15) is 14.4 Å². The highest BCUT2D eigenvalue weighted by molar-refractivity contribution is 6.05. The third-order valence-electron chi connectivity index (χ3n) is 6.74. The lowest BCUT2D eigenvalue weighted by molar-refractivity contribution is -0.136. The van der Waals surface area contributed by atoms with E-state index in [-0.39, 0.29) is 24.1 Å². The van der Waals surface area contributed by atoms with Crippen LogP contribution in [0.3, 0.4) is 0 Å². The van der Waals surface area contributed by atoms with E-state index < -0.39 is 6.04 Å². The summed E-state index contributed by atoms with van der Waals surface area (Å²) in [6, 6.07) is 6.19. The largest absolute Gasteiger partial charge is 0.369 e. The molecule has 154 valence electrons. The normalized spacial score (nSPS) is 28.1. The molecule has 8 heteroatoms. The highest BCUT2D eigenvalue weighted by Gasteiger charge is 2.39. The van der Waals surface area contributed by atoms with Crippen LogP contribution in [-0.2, 0) is 16.1 Å². The number of carbonyl (C=O) groups is 3. The Kier molecular flexibility index (Phi) is 4.75. The van der Waals surface area contributed by atoms with Gasteiger partial charge in [0.05, 0.1) is 0 Å². The molecule has 0 spiro atoms. The van der Waals surface area contributed by atoms with Crippen molar-refractivity contribution in [2.45, 2.75) is 37.9 Å². The van der Waals surface area contributed by atoms with Gasteiger partial charge in [0.15, 0.2) is 0 Å². The van der Waals surface area contributed by atoms with Crippen LogP contribution in [0.15, 0.2) is 18.2 Å². The van der Waals surface area contributed by atoms with E-state index in [0.29, 0.717) is 24.6 Å². The van der Waals surface area contributed by atoms with E-state index in [0.717, 1.165) is 50.5 Å². The first-order valence-corrected chi connectivity index (χ1v) is 10.6. The predicted molar refractivity (Wildman–Crippen MR) is 108 cm³/mol. The van der Waals surface area contributed by atoms with Gasteiger partial charge in [0, 0.05) is 63.0 Å². The fraction of sp³-hybridized carbons (Fsp3) is 0.571. The number of carbonyl (C=O) groups excluding carboxylic acids is 3. The van der Waals surface area contributed by atoms with Crippen LogP contribution in [0.1, 0.15) is 35.2 Å². The highest BCUT2D eigenvalue weighted by atomic mass is 16.2. The van der Waals surface area contributed by atoms with Crippen LogP contribution in [0, 0.1) is 0 Å². The first kappa shape index (κ1) is 18.6. The van der Waals surface area contributed by atoms with Crippen molar-refractivity contribution in [3.63, 3.8) is 0 Å². The molecule has 1 aromatic rings. The van der Waals surface area contributed by atoms with Gasteiger partial charge in [0.2, 0.25) is 11.8 Å². The number of piperidine rings is 1. The molecule has 2 atom stereocenters. The number of hydrogen-bond donors (Lipinski definition) is 2. The molecule has 0 aliphatic carbocycles. The van der Waals surface area contributed by atoms with Gasteiger partial charge < -0.3 is 15.1 Å². The first-order chi connectivity index (χ1) is 14.1. The van der Waals surface area contributed by atoms with Crippen molar-refractivity contribution < 1.29 is 14.4 Å². The van der Waals surface area contributed by atoms with Crippen molar-refractivity contribution >= 4 is 23.4 Å². The maximum atomic E-state index is 13.0. The zero-order valence-corrected chi connectivity index (χ0v) is 16.5. The number of benzene rings is 1. The molecule has 0 aromatic heterocycles.